The van der Waals surface area contributed by atoms with Gasteiger partial charge in [-0.3, -0.25) is 4.79 Å². The van der Waals surface area contributed by atoms with Crippen molar-refractivity contribution in [2.45, 2.75) is 163 Å². The number of aliphatic hydroxyl groups excluding tert-OH is 1. The minimum absolute atomic E-state index is 0.0665. The maximum Gasteiger partial charge on any atom is 0.332 e. The third-order valence-corrected chi connectivity index (χ3v) is 7.75. The van der Waals surface area contributed by atoms with Gasteiger partial charge in [0.1, 0.15) is 6.29 Å². The average molecular weight is 542 g/mol. The lowest BCUT2D eigenvalue weighted by atomic mass is 9.73. The molecule has 226 valence electrons. The second-order valence-electron chi connectivity index (χ2n) is 11.4. The van der Waals surface area contributed by atoms with Crippen LogP contribution in [0, 0.1) is 11.3 Å². The van der Waals surface area contributed by atoms with Crippen LogP contribution in [0.3, 0.4) is 0 Å². The number of aldehydes is 1. The first-order valence-corrected chi connectivity index (χ1v) is 15.7. The Morgan fingerprint density at radius 3 is 1.68 bits per heavy atom. The predicted molar refractivity (Wildman–Crippen MR) is 159 cm³/mol. The quantitative estimate of drug-likeness (QED) is 0.0795. The number of hydrogen-bond donors (Lipinski definition) is 1. The van der Waals surface area contributed by atoms with E-state index in [-0.39, 0.29) is 18.7 Å². The van der Waals surface area contributed by atoms with Crippen LogP contribution in [0.1, 0.15) is 163 Å². The van der Waals surface area contributed by atoms with Gasteiger partial charge in [-0.2, -0.15) is 5.06 Å². The van der Waals surface area contributed by atoms with E-state index in [4.69, 9.17) is 9.94 Å². The third kappa shape index (κ3) is 23.7. The Balaban J connectivity index is 0. The maximum atomic E-state index is 11.7. The van der Waals surface area contributed by atoms with Gasteiger partial charge in [-0.05, 0) is 24.2 Å². The van der Waals surface area contributed by atoms with E-state index in [0.717, 1.165) is 43.1 Å². The number of amides is 1. The summed E-state index contributed by atoms with van der Waals surface area (Å²) in [5.41, 5.74) is 0.560. The lowest BCUT2D eigenvalue weighted by molar-refractivity contribution is -0.192. The Hall–Kier alpha value is -1.43. The summed E-state index contributed by atoms with van der Waals surface area (Å²) in [5.74, 6) is 0.175. The fourth-order valence-electron chi connectivity index (χ4n) is 4.70. The molecule has 0 aliphatic rings. The zero-order valence-corrected chi connectivity index (χ0v) is 26.0. The first-order valence-electron chi connectivity index (χ1n) is 15.7. The van der Waals surface area contributed by atoms with E-state index >= 15 is 0 Å². The Kier molecular flexibility index (Phi) is 27.7. The van der Waals surface area contributed by atoms with Crippen molar-refractivity contribution in [2.75, 3.05) is 13.7 Å². The van der Waals surface area contributed by atoms with Crippen LogP contribution >= 0.6 is 0 Å². The van der Waals surface area contributed by atoms with Crippen molar-refractivity contribution < 1.29 is 24.3 Å². The van der Waals surface area contributed by atoms with E-state index in [1.165, 1.54) is 84.1 Å². The fourth-order valence-corrected chi connectivity index (χ4v) is 4.70. The molecule has 0 aromatic rings. The van der Waals surface area contributed by atoms with Gasteiger partial charge in [0.05, 0.1) is 0 Å². The predicted octanol–water partition coefficient (Wildman–Crippen LogP) is 8.58. The van der Waals surface area contributed by atoms with Crippen LogP contribution < -0.4 is 0 Å². The molecule has 0 saturated carbocycles. The van der Waals surface area contributed by atoms with Gasteiger partial charge in [0.15, 0.2) is 0 Å². The van der Waals surface area contributed by atoms with Gasteiger partial charge in [-0.1, -0.05) is 131 Å². The molecule has 1 amide bonds. The van der Waals surface area contributed by atoms with Crippen LogP contribution in [0.4, 0.5) is 0 Å². The standard InChI is InChI=1S/C21H39NO5.C11H24/c1-22(20(25)16-15-19-24)27-21(26)17-13-11-9-7-5-3-2-4-6-8-10-12-14-18-23;1-6-9-10(7-2)11(4,5)8-3/h19,23H,2-18H2,1H3;10H,6-9H2,1-5H3. The molecular weight excluding hydrogens is 478 g/mol. The molecule has 0 heterocycles. The highest BCUT2D eigenvalue weighted by Crippen LogP contribution is 2.35. The minimum Gasteiger partial charge on any atom is -0.396 e. The van der Waals surface area contributed by atoms with Gasteiger partial charge < -0.3 is 14.7 Å². The van der Waals surface area contributed by atoms with E-state index in [1.54, 1.807) is 0 Å². The normalized spacial score (nSPS) is 11.9. The van der Waals surface area contributed by atoms with Crippen molar-refractivity contribution in [2.24, 2.45) is 11.3 Å². The van der Waals surface area contributed by atoms with Gasteiger partial charge in [0, 0.05) is 32.9 Å². The number of unbranched alkanes of at least 4 members (excludes halogenated alkanes) is 12. The highest BCUT2D eigenvalue weighted by Gasteiger charge is 2.24. The van der Waals surface area contributed by atoms with E-state index in [0.29, 0.717) is 24.7 Å². The van der Waals surface area contributed by atoms with Crippen molar-refractivity contribution in [1.82, 2.24) is 5.06 Å². The molecule has 0 aliphatic heterocycles. The molecule has 0 bridgehead atoms. The van der Waals surface area contributed by atoms with Crippen molar-refractivity contribution in [3.8, 4) is 0 Å². The summed E-state index contributed by atoms with van der Waals surface area (Å²) in [5, 5.41) is 9.63. The number of hydroxylamine groups is 2. The summed E-state index contributed by atoms with van der Waals surface area (Å²) in [6.45, 7) is 12.0. The molecule has 1 atom stereocenters. The first-order chi connectivity index (χ1) is 18.2. The molecule has 6 nitrogen and oxygen atoms in total. The topological polar surface area (TPSA) is 83.9 Å². The van der Waals surface area contributed by atoms with E-state index in [2.05, 4.69) is 34.6 Å². The molecule has 0 spiro atoms. The Morgan fingerprint density at radius 2 is 1.29 bits per heavy atom. The number of nitrogens with zero attached hydrogens (tertiary/aromatic N) is 1. The van der Waals surface area contributed by atoms with Gasteiger partial charge in [0.2, 0.25) is 0 Å². The highest BCUT2D eigenvalue weighted by molar-refractivity contribution is 5.79. The smallest absolute Gasteiger partial charge is 0.332 e. The van der Waals surface area contributed by atoms with Crippen LogP contribution in [-0.2, 0) is 19.2 Å². The zero-order chi connectivity index (χ0) is 29.1. The molecule has 0 aliphatic carbocycles. The van der Waals surface area contributed by atoms with E-state index in [1.807, 2.05) is 0 Å². The second kappa shape index (κ2) is 27.1. The zero-order valence-electron chi connectivity index (χ0n) is 26.0. The molecular formula is C32H63NO5. The van der Waals surface area contributed by atoms with Crippen LogP contribution in [-0.4, -0.2) is 42.0 Å². The molecule has 0 aromatic heterocycles. The number of hydrogen-bond acceptors (Lipinski definition) is 5. The van der Waals surface area contributed by atoms with E-state index in [9.17, 15) is 14.4 Å². The van der Waals surface area contributed by atoms with Crippen LogP contribution in [0.25, 0.3) is 0 Å². The summed E-state index contributed by atoms with van der Waals surface area (Å²) in [7, 11) is 1.40. The molecule has 38 heavy (non-hydrogen) atoms. The Bertz CT molecular complexity index is 564. The van der Waals surface area contributed by atoms with Gasteiger partial charge in [-0.25, -0.2) is 4.79 Å². The average Bonchev–Trinajstić information content (AvgIpc) is 2.90. The summed E-state index contributed by atoms with van der Waals surface area (Å²) in [6.07, 6.45) is 21.8. The monoisotopic (exact) mass is 541 g/mol. The molecule has 6 heteroatoms. The second-order valence-corrected chi connectivity index (χ2v) is 11.4. The summed E-state index contributed by atoms with van der Waals surface area (Å²) < 4.78 is 0. The van der Waals surface area contributed by atoms with Crippen molar-refractivity contribution in [3.63, 3.8) is 0 Å². The molecule has 1 unspecified atom stereocenters. The lowest BCUT2D eigenvalue weighted by Crippen LogP contribution is -2.29. The molecule has 0 saturated heterocycles. The number of rotatable bonds is 23. The van der Waals surface area contributed by atoms with Crippen molar-refractivity contribution >= 4 is 18.2 Å². The lowest BCUT2D eigenvalue weighted by Gasteiger charge is -2.32. The van der Waals surface area contributed by atoms with Crippen molar-refractivity contribution in [1.29, 1.82) is 0 Å². The number of carbonyl (C=O) groups excluding carboxylic acids is 3. The third-order valence-electron chi connectivity index (χ3n) is 7.75. The van der Waals surface area contributed by atoms with E-state index < -0.39 is 5.97 Å². The van der Waals surface area contributed by atoms with Gasteiger partial charge >= 0.3 is 5.97 Å². The van der Waals surface area contributed by atoms with Gasteiger partial charge in [-0.15, -0.1) is 0 Å². The van der Waals surface area contributed by atoms with Crippen molar-refractivity contribution in [3.05, 3.63) is 0 Å². The van der Waals surface area contributed by atoms with Crippen LogP contribution in [0.2, 0.25) is 0 Å². The number of aliphatic hydroxyl groups is 1. The molecule has 0 fully saturated rings. The molecule has 0 aromatic carbocycles. The summed E-state index contributed by atoms with van der Waals surface area (Å²) >= 11 is 0. The molecule has 0 rings (SSSR count). The fraction of sp³-hybridized carbons (Fsp3) is 0.906. The highest BCUT2D eigenvalue weighted by atomic mass is 16.7. The van der Waals surface area contributed by atoms with Crippen LogP contribution in [0.15, 0.2) is 0 Å². The molecule has 0 radical (unpaired) electrons. The SMILES string of the molecule is CCCC(CC)C(C)(C)CC.CN(OC(=O)CCCCCCCCCCCCCCCO)C(=O)CCC=O. The summed E-state index contributed by atoms with van der Waals surface area (Å²) in [4.78, 5) is 38.3. The minimum atomic E-state index is -0.393. The first kappa shape index (κ1) is 38.7. The molecule has 1 N–H and O–H groups in total. The number of carbonyl (C=O) groups is 3. The Morgan fingerprint density at radius 1 is 0.816 bits per heavy atom. The van der Waals surface area contributed by atoms with Crippen LogP contribution in [0.5, 0.6) is 0 Å². The van der Waals surface area contributed by atoms with Gasteiger partial charge in [0.25, 0.3) is 5.91 Å². The Labute approximate surface area is 235 Å². The summed E-state index contributed by atoms with van der Waals surface area (Å²) in [6, 6.07) is 0. The maximum absolute atomic E-state index is 11.7. The largest absolute Gasteiger partial charge is 0.396 e.